The average molecular weight is 479 g/mol. The normalized spacial score (nSPS) is 52.2. The van der Waals surface area contributed by atoms with Crippen molar-refractivity contribution in [3.63, 3.8) is 0 Å². The zero-order chi connectivity index (χ0) is 24.5. The molecule has 8 nitrogen and oxygen atoms in total. The van der Waals surface area contributed by atoms with Crippen LogP contribution < -0.4 is 0 Å². The summed E-state index contributed by atoms with van der Waals surface area (Å²) in [4.78, 5) is 25.3. The van der Waals surface area contributed by atoms with Crippen molar-refractivity contribution in [2.75, 3.05) is 6.61 Å². The third kappa shape index (κ3) is 3.36. The molecular weight excluding hydrogens is 440 g/mol. The second kappa shape index (κ2) is 8.37. The molecule has 8 heteroatoms. The Morgan fingerprint density at radius 3 is 2.56 bits per heavy atom. The fourth-order valence-corrected chi connectivity index (χ4v) is 8.76. The SMILES string of the molecule is CC1(C(=O)O[C@@H]2O[C@H](CO)[C@@H](O)[C@H](O)[C@H]2O)CCC[C@@]2(C)[C@H]1CC[C@@]13C=C(C=O)[C@H](CC[C@@H]12)C3. The molecule has 1 aliphatic heterocycles. The second-order valence-corrected chi connectivity index (χ2v) is 12.0. The van der Waals surface area contributed by atoms with Crippen molar-refractivity contribution in [3.8, 4) is 0 Å². The van der Waals surface area contributed by atoms with Crippen molar-refractivity contribution in [2.45, 2.75) is 95.9 Å². The molecule has 4 fully saturated rings. The fourth-order valence-electron chi connectivity index (χ4n) is 8.76. The van der Waals surface area contributed by atoms with Crippen molar-refractivity contribution in [2.24, 2.45) is 34.0 Å². The molecule has 1 saturated heterocycles. The molecule has 5 aliphatic rings. The predicted molar refractivity (Wildman–Crippen MR) is 120 cm³/mol. The molecule has 4 N–H and O–H groups in total. The maximum Gasteiger partial charge on any atom is 0.314 e. The number of aliphatic hydroxyl groups excluding tert-OH is 4. The summed E-state index contributed by atoms with van der Waals surface area (Å²) < 4.78 is 11.1. The Morgan fingerprint density at radius 1 is 1.09 bits per heavy atom. The van der Waals surface area contributed by atoms with Gasteiger partial charge in [-0.25, -0.2) is 0 Å². The Kier molecular flexibility index (Phi) is 6.00. The van der Waals surface area contributed by atoms with Gasteiger partial charge in [0, 0.05) is 0 Å². The number of aldehydes is 1. The highest BCUT2D eigenvalue weighted by molar-refractivity contribution is 5.78. The van der Waals surface area contributed by atoms with Gasteiger partial charge in [0.15, 0.2) is 0 Å². The second-order valence-electron chi connectivity index (χ2n) is 12.0. The van der Waals surface area contributed by atoms with Crippen LogP contribution in [-0.4, -0.2) is 70.0 Å². The number of allylic oxidation sites excluding steroid dienone is 2. The van der Waals surface area contributed by atoms with Gasteiger partial charge in [0.2, 0.25) is 6.29 Å². The van der Waals surface area contributed by atoms with Crippen LogP contribution in [0, 0.1) is 34.0 Å². The van der Waals surface area contributed by atoms with E-state index in [2.05, 4.69) is 13.0 Å². The van der Waals surface area contributed by atoms with Gasteiger partial charge in [0.1, 0.15) is 30.7 Å². The molecule has 1 spiro atoms. The lowest BCUT2D eigenvalue weighted by atomic mass is 9.41. The van der Waals surface area contributed by atoms with Gasteiger partial charge in [-0.15, -0.1) is 0 Å². The quantitative estimate of drug-likeness (QED) is 0.353. The molecule has 4 aliphatic carbocycles. The highest BCUT2D eigenvalue weighted by atomic mass is 16.7. The van der Waals surface area contributed by atoms with Crippen molar-refractivity contribution in [1.82, 2.24) is 0 Å². The Morgan fingerprint density at radius 2 is 1.85 bits per heavy atom. The van der Waals surface area contributed by atoms with E-state index >= 15 is 0 Å². The molecule has 2 bridgehead atoms. The van der Waals surface area contributed by atoms with Crippen LogP contribution >= 0.6 is 0 Å². The first-order valence-electron chi connectivity index (χ1n) is 12.8. The molecule has 3 saturated carbocycles. The van der Waals surface area contributed by atoms with Crippen molar-refractivity contribution in [3.05, 3.63) is 11.6 Å². The average Bonchev–Trinajstić information content (AvgIpc) is 3.08. The molecule has 0 aromatic rings. The Labute approximate surface area is 200 Å². The first-order valence-corrected chi connectivity index (χ1v) is 12.8. The summed E-state index contributed by atoms with van der Waals surface area (Å²) in [5, 5.41) is 40.0. The monoisotopic (exact) mass is 478 g/mol. The van der Waals surface area contributed by atoms with Gasteiger partial charge in [0.25, 0.3) is 0 Å². The van der Waals surface area contributed by atoms with Crippen LogP contribution in [0.4, 0.5) is 0 Å². The first-order chi connectivity index (χ1) is 16.1. The molecule has 1 unspecified atom stereocenters. The smallest absolute Gasteiger partial charge is 0.314 e. The molecule has 34 heavy (non-hydrogen) atoms. The molecule has 5 rings (SSSR count). The maximum absolute atomic E-state index is 13.7. The van der Waals surface area contributed by atoms with Gasteiger partial charge < -0.3 is 29.9 Å². The van der Waals surface area contributed by atoms with E-state index in [1.54, 1.807) is 0 Å². The highest BCUT2D eigenvalue weighted by Gasteiger charge is 2.65. The molecule has 1 heterocycles. The van der Waals surface area contributed by atoms with Crippen molar-refractivity contribution in [1.29, 1.82) is 0 Å². The summed E-state index contributed by atoms with van der Waals surface area (Å²) in [6.45, 7) is 3.69. The molecule has 190 valence electrons. The highest BCUT2D eigenvalue weighted by Crippen LogP contribution is 2.70. The van der Waals surface area contributed by atoms with Gasteiger partial charge in [-0.2, -0.15) is 0 Å². The number of hydrogen-bond donors (Lipinski definition) is 4. The van der Waals surface area contributed by atoms with Crippen LogP contribution in [0.1, 0.15) is 65.2 Å². The van der Waals surface area contributed by atoms with Crippen LogP contribution in [0.2, 0.25) is 0 Å². The summed E-state index contributed by atoms with van der Waals surface area (Å²) in [6.07, 6.45) is 3.57. The number of ether oxygens (including phenoxy) is 2. The van der Waals surface area contributed by atoms with Crippen LogP contribution in [0.3, 0.4) is 0 Å². The molecular formula is C26H38O8. The van der Waals surface area contributed by atoms with Crippen LogP contribution in [0.5, 0.6) is 0 Å². The lowest BCUT2D eigenvalue weighted by Crippen LogP contribution is -2.61. The lowest BCUT2D eigenvalue weighted by molar-refractivity contribution is -0.297. The summed E-state index contributed by atoms with van der Waals surface area (Å²) >= 11 is 0. The van der Waals surface area contributed by atoms with E-state index in [0.717, 1.165) is 56.8 Å². The number of carbonyl (C=O) groups excluding carboxylic acids is 2. The summed E-state index contributed by atoms with van der Waals surface area (Å²) in [7, 11) is 0. The third-order valence-electron chi connectivity index (χ3n) is 10.4. The standard InChI is InChI=1S/C26H38O8/c1-24-7-3-8-25(2,23(32)34-22-21(31)20(30)19(29)16(13-28)33-22)17(24)6-9-26-10-14(4-5-18(24)26)15(11-26)12-27/h11-12,14,16-22,28-31H,3-10,13H2,1-2H3/t14-,16-,17-,18-,19-,20+,21-,22+,24+,25?,26-/m1/s1. The minimum Gasteiger partial charge on any atom is -0.432 e. The number of rotatable bonds is 4. The number of fused-ring (bicyclic) bond motifs is 3. The lowest BCUT2D eigenvalue weighted by Gasteiger charge is -2.63. The Hall–Kier alpha value is -1.32. The van der Waals surface area contributed by atoms with Crippen LogP contribution in [0.15, 0.2) is 11.6 Å². The van der Waals surface area contributed by atoms with E-state index in [0.29, 0.717) is 18.3 Å². The number of hydrogen-bond acceptors (Lipinski definition) is 8. The fraction of sp³-hybridized carbons (Fsp3) is 0.846. The van der Waals surface area contributed by atoms with Gasteiger partial charge in [-0.3, -0.25) is 9.59 Å². The minimum absolute atomic E-state index is 0.0455. The molecule has 0 amide bonds. The van der Waals surface area contributed by atoms with E-state index in [1.807, 2.05) is 6.92 Å². The van der Waals surface area contributed by atoms with Gasteiger partial charge >= 0.3 is 5.97 Å². The Balaban J connectivity index is 1.39. The van der Waals surface area contributed by atoms with Gasteiger partial charge in [-0.05, 0) is 86.0 Å². The minimum atomic E-state index is -1.60. The van der Waals surface area contributed by atoms with E-state index in [4.69, 9.17) is 9.47 Å². The maximum atomic E-state index is 13.7. The van der Waals surface area contributed by atoms with Crippen molar-refractivity contribution >= 4 is 12.3 Å². The molecule has 0 aromatic carbocycles. The van der Waals surface area contributed by atoms with Crippen molar-refractivity contribution < 1.29 is 39.5 Å². The summed E-state index contributed by atoms with van der Waals surface area (Å²) in [6, 6.07) is 0. The number of aliphatic hydroxyl groups is 4. The largest absolute Gasteiger partial charge is 0.432 e. The summed E-state index contributed by atoms with van der Waals surface area (Å²) in [5.41, 5.74) is 0.161. The first kappa shape index (κ1) is 24.4. The van der Waals surface area contributed by atoms with Gasteiger partial charge in [-0.1, -0.05) is 19.4 Å². The third-order valence-corrected chi connectivity index (χ3v) is 10.4. The van der Waals surface area contributed by atoms with E-state index in [1.165, 1.54) is 0 Å². The molecule has 0 aromatic heterocycles. The zero-order valence-corrected chi connectivity index (χ0v) is 20.1. The topological polar surface area (TPSA) is 134 Å². The van der Waals surface area contributed by atoms with Crippen LogP contribution in [-0.2, 0) is 19.1 Å². The zero-order valence-electron chi connectivity index (χ0n) is 20.1. The number of esters is 1. The molecule has 0 radical (unpaired) electrons. The summed E-state index contributed by atoms with van der Waals surface area (Å²) in [5.74, 6) is 0.409. The van der Waals surface area contributed by atoms with Crippen LogP contribution in [0.25, 0.3) is 0 Å². The Bertz CT molecular complexity index is 871. The molecule has 11 atom stereocenters. The van der Waals surface area contributed by atoms with Gasteiger partial charge in [0.05, 0.1) is 12.0 Å². The van der Waals surface area contributed by atoms with E-state index in [9.17, 15) is 30.0 Å². The predicted octanol–water partition coefficient (Wildman–Crippen LogP) is 1.48. The van der Waals surface area contributed by atoms with E-state index < -0.39 is 48.7 Å². The van der Waals surface area contributed by atoms with E-state index in [-0.39, 0.29) is 16.7 Å². The number of carbonyl (C=O) groups is 2.